The van der Waals surface area contributed by atoms with Crippen LogP contribution in [0.15, 0.2) is 24.5 Å². The Bertz CT molecular complexity index is 919. The van der Waals surface area contributed by atoms with Crippen molar-refractivity contribution in [1.82, 2.24) is 19.9 Å². The number of H-pyrrole nitrogens is 1. The Balaban J connectivity index is 1.75. The van der Waals surface area contributed by atoms with E-state index in [2.05, 4.69) is 20.9 Å². The largest absolute Gasteiger partial charge is 0.497 e. The van der Waals surface area contributed by atoms with E-state index in [9.17, 15) is 0 Å². The number of methoxy groups -OCH3 is 1. The average Bonchev–Trinajstić information content (AvgIpc) is 3.16. The minimum absolute atomic E-state index is 0.603. The molecule has 0 spiro atoms. The number of aromatic nitrogens is 4. The first-order valence-corrected chi connectivity index (χ1v) is 9.00. The molecule has 0 bridgehead atoms. The minimum atomic E-state index is 0.603. The number of rotatable bonds is 4. The highest BCUT2D eigenvalue weighted by atomic mass is 16.5. The van der Waals surface area contributed by atoms with E-state index < -0.39 is 0 Å². The number of anilines is 1. The highest BCUT2D eigenvalue weighted by Gasteiger charge is 2.22. The number of imidazole rings is 1. The topological polar surface area (TPSA) is 93.0 Å². The van der Waals surface area contributed by atoms with Crippen LogP contribution in [0.3, 0.4) is 0 Å². The molecule has 1 aliphatic rings. The van der Waals surface area contributed by atoms with E-state index >= 15 is 0 Å². The monoisotopic (exact) mass is 350 g/mol. The number of ether oxygens (including phenoxy) is 1. The van der Waals surface area contributed by atoms with Gasteiger partial charge >= 0.3 is 0 Å². The number of nitrogens with two attached hydrogens (primary N) is 1. The van der Waals surface area contributed by atoms with Gasteiger partial charge in [-0.25, -0.2) is 9.97 Å². The highest BCUT2D eigenvalue weighted by molar-refractivity contribution is 6.34. The van der Waals surface area contributed by atoms with E-state index in [-0.39, 0.29) is 0 Å². The zero-order chi connectivity index (χ0) is 18.1. The van der Waals surface area contributed by atoms with Crippen LogP contribution >= 0.6 is 0 Å². The zero-order valence-corrected chi connectivity index (χ0v) is 15.2. The minimum Gasteiger partial charge on any atom is -0.497 e. The molecule has 0 amide bonds. The molecular weight excluding hydrogens is 327 g/mol. The smallest absolute Gasteiger partial charge is 0.228 e. The van der Waals surface area contributed by atoms with Crippen LogP contribution in [0, 0.1) is 5.92 Å². The van der Waals surface area contributed by atoms with E-state index in [1.165, 1.54) is 0 Å². The van der Waals surface area contributed by atoms with Crippen LogP contribution in [0.1, 0.15) is 12.8 Å². The molecule has 0 atom stereocenters. The van der Waals surface area contributed by atoms with Crippen molar-refractivity contribution in [3.05, 3.63) is 24.5 Å². The summed E-state index contributed by atoms with van der Waals surface area (Å²) in [6.07, 6.45) is 3.83. The zero-order valence-electron chi connectivity index (χ0n) is 15.2. The SMILES string of the molecule is Bc1cc(-c2nc(N3CCC(CN)CC3)nc3[nH]cnc23)ccc1OC. The second-order valence-electron chi connectivity index (χ2n) is 6.82. The maximum absolute atomic E-state index is 5.81. The van der Waals surface area contributed by atoms with Crippen LogP contribution in [0.4, 0.5) is 5.95 Å². The average molecular weight is 350 g/mol. The van der Waals surface area contributed by atoms with Crippen LogP contribution in [-0.2, 0) is 0 Å². The normalized spacial score (nSPS) is 15.5. The van der Waals surface area contributed by atoms with Crippen LogP contribution in [0.2, 0.25) is 0 Å². The lowest BCUT2D eigenvalue weighted by Gasteiger charge is -2.31. The maximum Gasteiger partial charge on any atom is 0.228 e. The summed E-state index contributed by atoms with van der Waals surface area (Å²) in [5.74, 6) is 2.22. The fraction of sp³-hybridized carbons (Fsp3) is 0.389. The third-order valence-electron chi connectivity index (χ3n) is 5.17. The molecular formula is C18H23BN6O. The van der Waals surface area contributed by atoms with Crippen molar-refractivity contribution in [1.29, 1.82) is 0 Å². The van der Waals surface area contributed by atoms with E-state index in [0.717, 1.165) is 72.1 Å². The second kappa shape index (κ2) is 6.95. The van der Waals surface area contributed by atoms with Crippen molar-refractivity contribution in [3.8, 4) is 17.0 Å². The van der Waals surface area contributed by atoms with E-state index in [1.807, 2.05) is 20.0 Å². The molecule has 3 heterocycles. The van der Waals surface area contributed by atoms with Gasteiger partial charge in [-0.2, -0.15) is 4.98 Å². The molecule has 4 rings (SSSR count). The number of nitrogens with zero attached hydrogens (tertiary/aromatic N) is 4. The third-order valence-corrected chi connectivity index (χ3v) is 5.17. The molecule has 0 saturated carbocycles. The van der Waals surface area contributed by atoms with Gasteiger partial charge in [0.25, 0.3) is 0 Å². The molecule has 0 radical (unpaired) electrons. The Labute approximate surface area is 153 Å². The summed E-state index contributed by atoms with van der Waals surface area (Å²) in [7, 11) is 3.71. The third kappa shape index (κ3) is 3.01. The quantitative estimate of drug-likeness (QED) is 0.664. The van der Waals surface area contributed by atoms with Gasteiger partial charge < -0.3 is 20.4 Å². The molecule has 3 aromatic rings. The van der Waals surface area contributed by atoms with Gasteiger partial charge in [-0.1, -0.05) is 6.07 Å². The summed E-state index contributed by atoms with van der Waals surface area (Å²) in [6.45, 7) is 2.62. The number of nitrogens with one attached hydrogen (secondary N) is 1. The van der Waals surface area contributed by atoms with Crippen molar-refractivity contribution in [2.75, 3.05) is 31.6 Å². The molecule has 3 N–H and O–H groups in total. The van der Waals surface area contributed by atoms with Gasteiger partial charge in [0.15, 0.2) is 5.65 Å². The molecule has 1 aliphatic heterocycles. The molecule has 7 nitrogen and oxygen atoms in total. The fourth-order valence-corrected chi connectivity index (χ4v) is 3.56. The second-order valence-corrected chi connectivity index (χ2v) is 6.82. The molecule has 2 aromatic heterocycles. The van der Waals surface area contributed by atoms with Crippen LogP contribution < -0.4 is 20.8 Å². The van der Waals surface area contributed by atoms with Gasteiger partial charge in [0.2, 0.25) is 5.95 Å². The first-order chi connectivity index (χ1) is 12.7. The maximum atomic E-state index is 5.81. The van der Waals surface area contributed by atoms with Crippen LogP contribution in [-0.4, -0.2) is 54.5 Å². The Morgan fingerprint density at radius 3 is 2.81 bits per heavy atom. The van der Waals surface area contributed by atoms with Gasteiger partial charge in [0.1, 0.15) is 24.8 Å². The van der Waals surface area contributed by atoms with E-state index in [0.29, 0.717) is 5.92 Å². The predicted molar refractivity (Wildman–Crippen MR) is 106 cm³/mol. The summed E-state index contributed by atoms with van der Waals surface area (Å²) in [5.41, 5.74) is 10.3. The Hall–Kier alpha value is -2.61. The van der Waals surface area contributed by atoms with Crippen molar-refractivity contribution in [2.45, 2.75) is 12.8 Å². The molecule has 1 fully saturated rings. The van der Waals surface area contributed by atoms with Gasteiger partial charge in [-0.05, 0) is 42.9 Å². The number of benzene rings is 1. The molecule has 0 aliphatic carbocycles. The summed E-state index contributed by atoms with van der Waals surface area (Å²) in [6, 6.07) is 6.07. The van der Waals surface area contributed by atoms with Crippen LogP contribution in [0.5, 0.6) is 5.75 Å². The number of fused-ring (bicyclic) bond motifs is 1. The number of hydrogen-bond donors (Lipinski definition) is 2. The van der Waals surface area contributed by atoms with E-state index in [4.69, 9.17) is 20.4 Å². The number of piperidine rings is 1. The first-order valence-electron chi connectivity index (χ1n) is 9.00. The van der Waals surface area contributed by atoms with Gasteiger partial charge in [0.05, 0.1) is 13.4 Å². The van der Waals surface area contributed by atoms with Gasteiger partial charge in [-0.15, -0.1) is 0 Å². The van der Waals surface area contributed by atoms with Crippen molar-refractivity contribution < 1.29 is 4.74 Å². The standard InChI is InChI=1S/C18H23BN6O/c1-26-14-3-2-12(8-13(14)19)15-16-17(22-10-21-16)24-18(23-15)25-6-4-11(9-20)5-7-25/h2-3,8,10-11H,4-7,9,19-20H2,1H3,(H,21,22,23,24). The summed E-state index contributed by atoms with van der Waals surface area (Å²) < 4.78 is 5.37. The Kier molecular flexibility index (Phi) is 4.50. The van der Waals surface area contributed by atoms with Gasteiger partial charge in [0, 0.05) is 18.7 Å². The fourth-order valence-electron chi connectivity index (χ4n) is 3.56. The lowest BCUT2D eigenvalue weighted by molar-refractivity contribution is 0.411. The van der Waals surface area contributed by atoms with Crippen molar-refractivity contribution in [3.63, 3.8) is 0 Å². The Morgan fingerprint density at radius 2 is 2.12 bits per heavy atom. The lowest BCUT2D eigenvalue weighted by Crippen LogP contribution is -2.37. The Morgan fingerprint density at radius 1 is 1.31 bits per heavy atom. The number of hydrogen-bond acceptors (Lipinski definition) is 6. The molecule has 1 aromatic carbocycles. The van der Waals surface area contributed by atoms with Crippen LogP contribution in [0.25, 0.3) is 22.4 Å². The first kappa shape index (κ1) is 16.8. The van der Waals surface area contributed by atoms with Gasteiger partial charge in [-0.3, -0.25) is 0 Å². The predicted octanol–water partition coefficient (Wildman–Crippen LogP) is 0.462. The lowest BCUT2D eigenvalue weighted by atomic mass is 9.92. The molecule has 0 unspecified atom stereocenters. The highest BCUT2D eigenvalue weighted by Crippen LogP contribution is 2.28. The summed E-state index contributed by atoms with van der Waals surface area (Å²) >= 11 is 0. The summed E-state index contributed by atoms with van der Waals surface area (Å²) in [5, 5.41) is 0. The van der Waals surface area contributed by atoms with Crippen molar-refractivity contribution >= 4 is 30.4 Å². The summed E-state index contributed by atoms with van der Waals surface area (Å²) in [4.78, 5) is 19.4. The molecule has 8 heteroatoms. The molecule has 1 saturated heterocycles. The van der Waals surface area contributed by atoms with Crippen molar-refractivity contribution in [2.24, 2.45) is 11.7 Å². The molecule has 134 valence electrons. The molecule has 26 heavy (non-hydrogen) atoms. The van der Waals surface area contributed by atoms with E-state index in [1.54, 1.807) is 13.4 Å². The number of aromatic amines is 1.